The first-order valence-corrected chi connectivity index (χ1v) is 6.23. The third-order valence-corrected chi connectivity index (χ3v) is 3.25. The highest BCUT2D eigenvalue weighted by molar-refractivity contribution is 9.10. The third kappa shape index (κ3) is 3.30. The molecule has 0 spiro atoms. The molecule has 2 heterocycles. The molecule has 1 fully saturated rings. The minimum absolute atomic E-state index is 0.581. The number of carbonyl (C=O) groups is 1. The van der Waals surface area contributed by atoms with Crippen molar-refractivity contribution in [2.75, 3.05) is 13.1 Å². The molecule has 0 aliphatic carbocycles. The van der Waals surface area contributed by atoms with Crippen molar-refractivity contribution >= 4 is 28.1 Å². The topological polar surface area (TPSA) is 53.4 Å². The second kappa shape index (κ2) is 5.31. The highest BCUT2D eigenvalue weighted by Crippen LogP contribution is 2.19. The number of hydrogen-bond acceptors (Lipinski definition) is 2. The van der Waals surface area contributed by atoms with Gasteiger partial charge < -0.3 is 10.0 Å². The highest BCUT2D eigenvalue weighted by Gasteiger charge is 2.17. The number of piperidine rings is 1. The maximum atomic E-state index is 10.7. The van der Waals surface area contributed by atoms with Gasteiger partial charge >= 0.3 is 6.09 Å². The molecule has 1 N–H and O–H groups in total. The highest BCUT2D eigenvalue weighted by atomic mass is 79.9. The van der Waals surface area contributed by atoms with Gasteiger partial charge in [0.05, 0.1) is 5.69 Å². The molecular formula is C12H13BrN2O2. The van der Waals surface area contributed by atoms with Crippen LogP contribution in [0.3, 0.4) is 0 Å². The first kappa shape index (κ1) is 12.1. The Bertz CT molecular complexity index is 432. The van der Waals surface area contributed by atoms with E-state index in [9.17, 15) is 4.79 Å². The molecule has 0 radical (unpaired) electrons. The molecule has 1 aliphatic heterocycles. The molecule has 0 unspecified atom stereocenters. The van der Waals surface area contributed by atoms with Crippen molar-refractivity contribution in [3.05, 3.63) is 34.1 Å². The Kier molecular flexibility index (Phi) is 3.78. The summed E-state index contributed by atoms with van der Waals surface area (Å²) in [6, 6.07) is 3.90. The third-order valence-electron chi connectivity index (χ3n) is 2.78. The summed E-state index contributed by atoms with van der Waals surface area (Å²) in [6.45, 7) is 1.16. The van der Waals surface area contributed by atoms with Gasteiger partial charge in [-0.1, -0.05) is 5.57 Å². The molecule has 90 valence electrons. The zero-order valence-corrected chi connectivity index (χ0v) is 10.9. The van der Waals surface area contributed by atoms with E-state index in [0.717, 1.165) is 23.0 Å². The number of rotatable bonds is 1. The number of aromatic nitrogens is 1. The molecule has 0 bridgehead atoms. The van der Waals surface area contributed by atoms with E-state index in [1.807, 2.05) is 18.2 Å². The van der Waals surface area contributed by atoms with Crippen molar-refractivity contribution in [2.45, 2.75) is 12.8 Å². The van der Waals surface area contributed by atoms with Crippen molar-refractivity contribution in [3.63, 3.8) is 0 Å². The summed E-state index contributed by atoms with van der Waals surface area (Å²) in [4.78, 5) is 16.5. The van der Waals surface area contributed by atoms with Crippen LogP contribution in [0.5, 0.6) is 0 Å². The summed E-state index contributed by atoms with van der Waals surface area (Å²) in [5, 5.41) is 8.83. The van der Waals surface area contributed by atoms with Crippen LogP contribution in [0.4, 0.5) is 4.79 Å². The molecular weight excluding hydrogens is 284 g/mol. The van der Waals surface area contributed by atoms with Crippen LogP contribution in [0.2, 0.25) is 0 Å². The summed E-state index contributed by atoms with van der Waals surface area (Å²) >= 11 is 3.34. The fourth-order valence-corrected chi connectivity index (χ4v) is 2.05. The molecule has 0 atom stereocenters. The van der Waals surface area contributed by atoms with Crippen LogP contribution in [-0.4, -0.2) is 34.2 Å². The van der Waals surface area contributed by atoms with Gasteiger partial charge in [0.15, 0.2) is 0 Å². The molecule has 1 aliphatic rings. The lowest BCUT2D eigenvalue weighted by atomic mass is 10.0. The Morgan fingerprint density at radius 1 is 1.41 bits per heavy atom. The second-order valence-electron chi connectivity index (χ2n) is 3.97. The Hall–Kier alpha value is -1.36. The Balaban J connectivity index is 2.00. The zero-order valence-electron chi connectivity index (χ0n) is 9.27. The van der Waals surface area contributed by atoms with E-state index >= 15 is 0 Å². The first-order valence-electron chi connectivity index (χ1n) is 5.44. The van der Waals surface area contributed by atoms with Crippen LogP contribution in [0.25, 0.3) is 6.08 Å². The predicted molar refractivity (Wildman–Crippen MR) is 68.7 cm³/mol. The van der Waals surface area contributed by atoms with Crippen LogP contribution in [0.1, 0.15) is 18.5 Å². The Morgan fingerprint density at radius 2 is 2.12 bits per heavy atom. The van der Waals surface area contributed by atoms with E-state index in [1.165, 1.54) is 10.5 Å². The fourth-order valence-electron chi connectivity index (χ4n) is 1.81. The van der Waals surface area contributed by atoms with Gasteiger partial charge in [0.25, 0.3) is 0 Å². The molecule has 1 saturated heterocycles. The molecule has 1 aromatic heterocycles. The lowest BCUT2D eigenvalue weighted by Crippen LogP contribution is -2.35. The van der Waals surface area contributed by atoms with Crippen LogP contribution < -0.4 is 0 Å². The monoisotopic (exact) mass is 296 g/mol. The molecule has 1 aromatic rings. The Labute approximate surface area is 108 Å². The van der Waals surface area contributed by atoms with Gasteiger partial charge in [-0.15, -0.1) is 0 Å². The van der Waals surface area contributed by atoms with Gasteiger partial charge in [-0.05, 0) is 47.0 Å². The number of hydrogen-bond donors (Lipinski definition) is 1. The average Bonchev–Trinajstić information content (AvgIpc) is 2.33. The molecule has 1 amide bonds. The molecule has 5 heteroatoms. The molecule has 0 saturated carbocycles. The van der Waals surface area contributed by atoms with Crippen molar-refractivity contribution in [3.8, 4) is 0 Å². The summed E-state index contributed by atoms with van der Waals surface area (Å²) in [5.41, 5.74) is 2.18. The van der Waals surface area contributed by atoms with E-state index < -0.39 is 6.09 Å². The predicted octanol–water partition coefficient (Wildman–Crippen LogP) is 3.00. The van der Waals surface area contributed by atoms with Crippen molar-refractivity contribution < 1.29 is 9.90 Å². The van der Waals surface area contributed by atoms with Gasteiger partial charge in [-0.25, -0.2) is 4.79 Å². The van der Waals surface area contributed by atoms with Gasteiger partial charge in [0, 0.05) is 23.8 Å². The lowest BCUT2D eigenvalue weighted by molar-refractivity contribution is 0.142. The van der Waals surface area contributed by atoms with Gasteiger partial charge in [-0.2, -0.15) is 0 Å². The average molecular weight is 297 g/mol. The Morgan fingerprint density at radius 3 is 2.65 bits per heavy atom. The van der Waals surface area contributed by atoms with Crippen LogP contribution in [0, 0.1) is 0 Å². The summed E-state index contributed by atoms with van der Waals surface area (Å²) in [5.74, 6) is 0. The number of carboxylic acid groups (broad SMARTS) is 1. The van der Waals surface area contributed by atoms with Crippen LogP contribution in [0.15, 0.2) is 28.4 Å². The van der Waals surface area contributed by atoms with E-state index in [4.69, 9.17) is 5.11 Å². The van der Waals surface area contributed by atoms with E-state index in [-0.39, 0.29) is 0 Å². The summed E-state index contributed by atoms with van der Waals surface area (Å²) in [7, 11) is 0. The SMILES string of the molecule is O=C(O)N1CCC(=Cc2ccc(Br)cn2)CC1. The second-order valence-corrected chi connectivity index (χ2v) is 4.89. The number of halogens is 1. The number of amides is 1. The molecule has 17 heavy (non-hydrogen) atoms. The summed E-state index contributed by atoms with van der Waals surface area (Å²) < 4.78 is 0.959. The van der Waals surface area contributed by atoms with Crippen LogP contribution >= 0.6 is 15.9 Å². The number of pyridine rings is 1. The lowest BCUT2D eigenvalue weighted by Gasteiger charge is -2.25. The normalized spacial score (nSPS) is 15.8. The fraction of sp³-hybridized carbons (Fsp3) is 0.333. The quantitative estimate of drug-likeness (QED) is 0.867. The van der Waals surface area contributed by atoms with Crippen molar-refractivity contribution in [2.24, 2.45) is 0 Å². The number of nitrogens with zero attached hydrogens (tertiary/aromatic N) is 2. The van der Waals surface area contributed by atoms with Crippen LogP contribution in [-0.2, 0) is 0 Å². The molecule has 0 aromatic carbocycles. The minimum Gasteiger partial charge on any atom is -0.465 e. The van der Waals surface area contributed by atoms with Gasteiger partial charge in [0.2, 0.25) is 0 Å². The first-order chi connectivity index (χ1) is 8.15. The van der Waals surface area contributed by atoms with Gasteiger partial charge in [-0.3, -0.25) is 4.98 Å². The van der Waals surface area contributed by atoms with E-state index in [2.05, 4.69) is 20.9 Å². The maximum absolute atomic E-state index is 10.7. The van der Waals surface area contributed by atoms with E-state index in [1.54, 1.807) is 6.20 Å². The standard InChI is InChI=1S/C12H13BrN2O2/c13-10-1-2-11(14-8-10)7-9-3-5-15(6-4-9)12(16)17/h1-2,7-8H,3-6H2,(H,16,17). The molecule has 2 rings (SSSR count). The summed E-state index contributed by atoms with van der Waals surface area (Å²) in [6.07, 6.45) is 4.57. The smallest absolute Gasteiger partial charge is 0.407 e. The zero-order chi connectivity index (χ0) is 12.3. The van der Waals surface area contributed by atoms with Gasteiger partial charge in [0.1, 0.15) is 0 Å². The van der Waals surface area contributed by atoms with E-state index in [0.29, 0.717) is 13.1 Å². The van der Waals surface area contributed by atoms with Crippen molar-refractivity contribution in [1.29, 1.82) is 0 Å². The van der Waals surface area contributed by atoms with Crippen molar-refractivity contribution in [1.82, 2.24) is 9.88 Å². The largest absolute Gasteiger partial charge is 0.465 e. The maximum Gasteiger partial charge on any atom is 0.407 e. The minimum atomic E-state index is -0.828. The molecule has 4 nitrogen and oxygen atoms in total. The number of likely N-dealkylation sites (tertiary alicyclic amines) is 1.